The third kappa shape index (κ3) is 4.82. The molecule has 3 rings (SSSR count). The lowest BCUT2D eigenvalue weighted by atomic mass is 10.3. The number of hydrogen-bond acceptors (Lipinski definition) is 4. The molecule has 2 aromatic carbocycles. The summed E-state index contributed by atoms with van der Waals surface area (Å²) in [6.07, 6.45) is 0. The van der Waals surface area contributed by atoms with Gasteiger partial charge in [0, 0.05) is 32.2 Å². The minimum Gasteiger partial charge on any atom is -0.481 e. The molecule has 11 heteroatoms. The molecule has 1 heterocycles. The van der Waals surface area contributed by atoms with E-state index in [1.54, 1.807) is 0 Å². The summed E-state index contributed by atoms with van der Waals surface area (Å²) in [7, 11) is -3.89. The van der Waals surface area contributed by atoms with Crippen LogP contribution in [0.5, 0.6) is 5.75 Å². The summed E-state index contributed by atoms with van der Waals surface area (Å²) in [5.74, 6) is -3.13. The van der Waals surface area contributed by atoms with Gasteiger partial charge < -0.3 is 9.64 Å². The first-order valence-electron chi connectivity index (χ1n) is 8.49. The first-order chi connectivity index (χ1) is 13.7. The summed E-state index contributed by atoms with van der Waals surface area (Å²) in [6.45, 7) is -0.227. The minimum atomic E-state index is -3.89. The summed E-state index contributed by atoms with van der Waals surface area (Å²) in [4.78, 5) is 13.5. The molecule has 1 fully saturated rings. The second kappa shape index (κ2) is 8.60. The molecule has 1 saturated heterocycles. The number of rotatable bonds is 5. The molecule has 0 unspecified atom stereocenters. The van der Waals surface area contributed by atoms with Gasteiger partial charge in [0.05, 0.1) is 9.92 Å². The van der Waals surface area contributed by atoms with E-state index < -0.39 is 40.0 Å². The molecule has 6 nitrogen and oxygen atoms in total. The minimum absolute atomic E-state index is 0.0218. The van der Waals surface area contributed by atoms with Gasteiger partial charge in [0.15, 0.2) is 18.2 Å². The lowest BCUT2D eigenvalue weighted by molar-refractivity contribution is -0.134. The summed E-state index contributed by atoms with van der Waals surface area (Å²) in [5, 5.41) is -0.301. The quantitative estimate of drug-likeness (QED) is 0.705. The number of nitrogens with zero attached hydrogens (tertiary/aromatic N) is 2. The summed E-state index contributed by atoms with van der Waals surface area (Å²) in [6, 6.07) is 5.87. The van der Waals surface area contributed by atoms with E-state index in [2.05, 4.69) is 0 Å². The smallest absolute Gasteiger partial charge is 0.260 e. The van der Waals surface area contributed by atoms with Gasteiger partial charge in [-0.3, -0.25) is 4.79 Å². The van der Waals surface area contributed by atoms with E-state index in [1.807, 2.05) is 0 Å². The Kier molecular flexibility index (Phi) is 6.35. The number of carbonyl (C=O) groups excluding carboxylic acids is 1. The van der Waals surface area contributed by atoms with Crippen LogP contribution in [-0.2, 0) is 14.8 Å². The second-order valence-corrected chi connectivity index (χ2v) is 8.57. The van der Waals surface area contributed by atoms with Gasteiger partial charge in [-0.1, -0.05) is 11.6 Å². The van der Waals surface area contributed by atoms with Gasteiger partial charge >= 0.3 is 0 Å². The normalized spacial score (nSPS) is 15.4. The largest absolute Gasteiger partial charge is 0.481 e. The van der Waals surface area contributed by atoms with E-state index in [9.17, 15) is 26.4 Å². The number of amides is 1. The summed E-state index contributed by atoms with van der Waals surface area (Å²) < 4.78 is 71.2. The molecule has 0 atom stereocenters. The maximum atomic E-state index is 13.5. The Morgan fingerprint density at radius 1 is 1.00 bits per heavy atom. The molecular formula is C18H16ClF3N2O4S. The van der Waals surface area contributed by atoms with Crippen LogP contribution in [0, 0.1) is 17.5 Å². The number of hydrogen-bond donors (Lipinski definition) is 0. The van der Waals surface area contributed by atoms with Crippen molar-refractivity contribution in [3.8, 4) is 5.75 Å². The Morgan fingerprint density at radius 2 is 1.69 bits per heavy atom. The highest BCUT2D eigenvalue weighted by atomic mass is 35.5. The van der Waals surface area contributed by atoms with Gasteiger partial charge in [-0.15, -0.1) is 0 Å². The molecule has 0 bridgehead atoms. The predicted octanol–water partition coefficient (Wildman–Crippen LogP) is 2.67. The number of benzene rings is 2. The van der Waals surface area contributed by atoms with Crippen LogP contribution in [0.25, 0.3) is 0 Å². The molecule has 2 aromatic rings. The molecule has 156 valence electrons. The van der Waals surface area contributed by atoms with Crippen molar-refractivity contribution in [3.63, 3.8) is 0 Å². The Labute approximate surface area is 170 Å². The Balaban J connectivity index is 1.58. The van der Waals surface area contributed by atoms with E-state index in [0.717, 1.165) is 30.3 Å². The van der Waals surface area contributed by atoms with Crippen LogP contribution in [0.3, 0.4) is 0 Å². The first-order valence-corrected chi connectivity index (χ1v) is 10.3. The fourth-order valence-corrected chi connectivity index (χ4v) is 4.48. The van der Waals surface area contributed by atoms with Crippen molar-refractivity contribution in [1.29, 1.82) is 0 Å². The predicted molar refractivity (Wildman–Crippen MR) is 98.6 cm³/mol. The number of carbonyl (C=O) groups is 1. The van der Waals surface area contributed by atoms with Crippen molar-refractivity contribution in [2.75, 3.05) is 32.8 Å². The monoisotopic (exact) mass is 448 g/mol. The molecule has 1 aliphatic heterocycles. The van der Waals surface area contributed by atoms with Gasteiger partial charge in [0.25, 0.3) is 5.91 Å². The third-order valence-electron chi connectivity index (χ3n) is 4.37. The molecule has 0 spiro atoms. The van der Waals surface area contributed by atoms with E-state index in [4.69, 9.17) is 16.3 Å². The summed E-state index contributed by atoms with van der Waals surface area (Å²) in [5.41, 5.74) is 0. The summed E-state index contributed by atoms with van der Waals surface area (Å²) >= 11 is 5.66. The number of sulfonamides is 1. The number of ether oxygens (including phenoxy) is 1. The zero-order valence-electron chi connectivity index (χ0n) is 14.9. The van der Waals surface area contributed by atoms with E-state index in [-0.39, 0.29) is 41.8 Å². The van der Waals surface area contributed by atoms with Crippen LogP contribution in [0.4, 0.5) is 13.2 Å². The Morgan fingerprint density at radius 3 is 2.31 bits per heavy atom. The first kappa shape index (κ1) is 21.4. The average molecular weight is 449 g/mol. The lowest BCUT2D eigenvalue weighted by Gasteiger charge is -2.34. The van der Waals surface area contributed by atoms with Crippen LogP contribution >= 0.6 is 11.6 Å². The zero-order chi connectivity index (χ0) is 21.2. The standard InChI is InChI=1S/C18H16ClF3N2O4S/c19-14-10-13(2-3-15(14)21)29(26,27)24-7-5-23(6-8-24)18(25)11-28-17-4-1-12(20)9-16(17)22/h1-4,9-10H,5-8,11H2. The molecule has 1 aliphatic rings. The lowest BCUT2D eigenvalue weighted by Crippen LogP contribution is -2.51. The van der Waals surface area contributed by atoms with Gasteiger partial charge in [-0.25, -0.2) is 21.6 Å². The second-order valence-electron chi connectivity index (χ2n) is 6.22. The zero-order valence-corrected chi connectivity index (χ0v) is 16.5. The topological polar surface area (TPSA) is 66.9 Å². The van der Waals surface area contributed by atoms with E-state index >= 15 is 0 Å². The van der Waals surface area contributed by atoms with Crippen molar-refractivity contribution in [2.45, 2.75) is 4.90 Å². The van der Waals surface area contributed by atoms with Gasteiger partial charge in [0.1, 0.15) is 11.6 Å². The van der Waals surface area contributed by atoms with Crippen molar-refractivity contribution >= 4 is 27.5 Å². The highest BCUT2D eigenvalue weighted by Gasteiger charge is 2.30. The van der Waals surface area contributed by atoms with Crippen molar-refractivity contribution < 1.29 is 31.1 Å². The van der Waals surface area contributed by atoms with Crippen LogP contribution in [0.15, 0.2) is 41.3 Å². The number of halogens is 4. The molecule has 29 heavy (non-hydrogen) atoms. The van der Waals surface area contributed by atoms with Crippen molar-refractivity contribution in [2.24, 2.45) is 0 Å². The highest BCUT2D eigenvalue weighted by molar-refractivity contribution is 7.89. The van der Waals surface area contributed by atoms with E-state index in [0.29, 0.717) is 6.07 Å². The van der Waals surface area contributed by atoms with E-state index in [1.165, 1.54) is 9.21 Å². The highest BCUT2D eigenvalue weighted by Crippen LogP contribution is 2.23. The molecule has 0 radical (unpaired) electrons. The van der Waals surface area contributed by atoms with Crippen LogP contribution < -0.4 is 4.74 Å². The molecule has 0 aromatic heterocycles. The fraction of sp³-hybridized carbons (Fsp3) is 0.278. The maximum absolute atomic E-state index is 13.5. The molecule has 0 saturated carbocycles. The fourth-order valence-electron chi connectivity index (χ4n) is 2.79. The molecule has 1 amide bonds. The Bertz CT molecular complexity index is 1030. The van der Waals surface area contributed by atoms with Crippen LogP contribution in [0.1, 0.15) is 0 Å². The van der Waals surface area contributed by atoms with Gasteiger partial charge in [0.2, 0.25) is 10.0 Å². The molecule has 0 aliphatic carbocycles. The van der Waals surface area contributed by atoms with Crippen LogP contribution in [0.2, 0.25) is 5.02 Å². The number of piperazine rings is 1. The molecular weight excluding hydrogens is 433 g/mol. The van der Waals surface area contributed by atoms with Crippen molar-refractivity contribution in [3.05, 3.63) is 58.9 Å². The third-order valence-corrected chi connectivity index (χ3v) is 6.55. The SMILES string of the molecule is O=C(COc1ccc(F)cc1F)N1CCN(S(=O)(=O)c2ccc(F)c(Cl)c2)CC1. The van der Waals surface area contributed by atoms with Gasteiger partial charge in [-0.05, 0) is 30.3 Å². The maximum Gasteiger partial charge on any atom is 0.260 e. The van der Waals surface area contributed by atoms with Gasteiger partial charge in [-0.2, -0.15) is 4.31 Å². The van der Waals surface area contributed by atoms with Crippen molar-refractivity contribution in [1.82, 2.24) is 9.21 Å². The van der Waals surface area contributed by atoms with Crippen LogP contribution in [-0.4, -0.2) is 56.3 Å². The Hall–Kier alpha value is -2.30. The average Bonchev–Trinajstić information content (AvgIpc) is 2.69. The molecule has 0 N–H and O–H groups in total.